The number of nitrogens with zero attached hydrogens (tertiary/aromatic N) is 1. The number of carbonyl (C=O) groups is 1. The number of hydrogen-bond donors (Lipinski definition) is 1. The van der Waals surface area contributed by atoms with Gasteiger partial charge in [0.25, 0.3) is 0 Å². The molecule has 1 atom stereocenters. The molecule has 0 saturated carbocycles. The molecule has 3 nitrogen and oxygen atoms in total. The highest BCUT2D eigenvalue weighted by atomic mass is 32.1. The largest absolute Gasteiger partial charge is 0.301 e. The molecule has 3 aliphatic rings. The average Bonchev–Trinajstić information content (AvgIpc) is 3.23. The van der Waals surface area contributed by atoms with E-state index in [0.29, 0.717) is 5.13 Å². The number of hydrogen-bond acceptors (Lipinski definition) is 3. The highest BCUT2D eigenvalue weighted by molar-refractivity contribution is 7.22. The quantitative estimate of drug-likeness (QED) is 0.401. The van der Waals surface area contributed by atoms with Crippen LogP contribution in [-0.2, 0) is 4.79 Å². The van der Waals surface area contributed by atoms with Crippen molar-refractivity contribution in [3.63, 3.8) is 0 Å². The third kappa shape index (κ3) is 2.58. The van der Waals surface area contributed by atoms with Gasteiger partial charge in [-0.25, -0.2) is 4.98 Å². The van der Waals surface area contributed by atoms with Crippen molar-refractivity contribution < 1.29 is 4.79 Å². The number of benzene rings is 3. The molecule has 1 amide bonds. The van der Waals surface area contributed by atoms with Crippen molar-refractivity contribution in [1.29, 1.82) is 0 Å². The summed E-state index contributed by atoms with van der Waals surface area (Å²) in [7, 11) is 0. The summed E-state index contributed by atoms with van der Waals surface area (Å²) < 4.78 is 1.11. The van der Waals surface area contributed by atoms with Crippen LogP contribution in [0.1, 0.15) is 59.4 Å². The van der Waals surface area contributed by atoms with Crippen molar-refractivity contribution in [3.05, 3.63) is 94.5 Å². The van der Waals surface area contributed by atoms with Crippen molar-refractivity contribution in [1.82, 2.24) is 4.98 Å². The van der Waals surface area contributed by atoms with E-state index in [1.165, 1.54) is 22.3 Å². The van der Waals surface area contributed by atoms with Crippen LogP contribution in [0.15, 0.2) is 66.7 Å². The molecule has 3 aromatic carbocycles. The van der Waals surface area contributed by atoms with Gasteiger partial charge in [0.15, 0.2) is 5.13 Å². The number of anilines is 1. The average molecular weight is 425 g/mol. The van der Waals surface area contributed by atoms with Gasteiger partial charge in [-0.05, 0) is 53.6 Å². The normalized spacial score (nSPS) is 23.4. The molecule has 4 heteroatoms. The predicted octanol–water partition coefficient (Wildman–Crippen LogP) is 6.62. The monoisotopic (exact) mass is 424 g/mol. The van der Waals surface area contributed by atoms with Gasteiger partial charge >= 0.3 is 0 Å². The smallest absolute Gasteiger partial charge is 0.233 e. The maximum atomic E-state index is 13.9. The number of amides is 1. The molecule has 3 aliphatic carbocycles. The number of aromatic nitrogens is 1. The van der Waals surface area contributed by atoms with Crippen molar-refractivity contribution >= 4 is 32.6 Å². The topological polar surface area (TPSA) is 42.0 Å². The third-order valence-electron chi connectivity index (χ3n) is 7.41. The lowest BCUT2D eigenvalue weighted by atomic mass is 9.51. The molecule has 154 valence electrons. The lowest BCUT2D eigenvalue weighted by molar-refractivity contribution is -0.128. The zero-order valence-electron chi connectivity index (χ0n) is 17.7. The minimum atomic E-state index is -0.472. The number of rotatable bonds is 3. The summed E-state index contributed by atoms with van der Waals surface area (Å²) in [6.45, 7) is 4.23. The van der Waals surface area contributed by atoms with Gasteiger partial charge < -0.3 is 5.32 Å². The van der Waals surface area contributed by atoms with Crippen LogP contribution in [0.4, 0.5) is 5.13 Å². The number of fused-ring (bicyclic) bond motifs is 2. The van der Waals surface area contributed by atoms with Gasteiger partial charge in [0, 0.05) is 11.8 Å². The summed E-state index contributed by atoms with van der Waals surface area (Å²) in [5.74, 6) is 0.442. The van der Waals surface area contributed by atoms with E-state index in [1.54, 1.807) is 11.3 Å². The maximum Gasteiger partial charge on any atom is 0.233 e. The second kappa shape index (κ2) is 6.76. The molecule has 0 radical (unpaired) electrons. The van der Waals surface area contributed by atoms with Crippen LogP contribution in [0.25, 0.3) is 10.2 Å². The van der Waals surface area contributed by atoms with Crippen molar-refractivity contribution in [2.75, 3.05) is 5.32 Å². The van der Waals surface area contributed by atoms with Crippen molar-refractivity contribution in [3.8, 4) is 0 Å². The second-order valence-electron chi connectivity index (χ2n) is 8.85. The Labute approximate surface area is 186 Å². The van der Waals surface area contributed by atoms with E-state index >= 15 is 0 Å². The molecule has 1 unspecified atom stereocenters. The summed E-state index contributed by atoms with van der Waals surface area (Å²) in [6, 6.07) is 23.6. The Hall–Kier alpha value is -2.98. The van der Waals surface area contributed by atoms with Gasteiger partial charge in [0.05, 0.1) is 15.6 Å². The van der Waals surface area contributed by atoms with Crippen molar-refractivity contribution in [2.45, 2.75) is 38.5 Å². The van der Waals surface area contributed by atoms with Crippen LogP contribution in [0.5, 0.6) is 0 Å². The standard InChI is InChI=1S/C27H24N2OS/c1-3-27(25(30)29-26-28-24-16(2)9-8-14-22(24)31-26)15-21-17-10-4-6-12-19(17)23(27)20-13-7-5-11-18(20)21/h4-14,21,23H,3,15H2,1-2H3,(H,28,29,30). The molecular formula is C27H24N2OS. The number of thiazole rings is 1. The minimum absolute atomic E-state index is 0.0750. The molecule has 2 bridgehead atoms. The lowest BCUT2D eigenvalue weighted by Gasteiger charge is -2.52. The zero-order chi connectivity index (χ0) is 21.2. The molecule has 1 aromatic heterocycles. The van der Waals surface area contributed by atoms with Crippen LogP contribution in [0, 0.1) is 12.3 Å². The van der Waals surface area contributed by atoms with Crippen LogP contribution in [0.2, 0.25) is 0 Å². The molecule has 1 heterocycles. The van der Waals surface area contributed by atoms with E-state index in [1.807, 2.05) is 6.07 Å². The van der Waals surface area contributed by atoms with Gasteiger partial charge in [-0.1, -0.05) is 78.9 Å². The fraction of sp³-hybridized carbons (Fsp3) is 0.259. The van der Waals surface area contributed by atoms with Gasteiger partial charge in [-0.3, -0.25) is 4.79 Å². The van der Waals surface area contributed by atoms with E-state index in [4.69, 9.17) is 4.98 Å². The number of aryl methyl sites for hydroxylation is 1. The van der Waals surface area contributed by atoms with E-state index in [2.05, 4.69) is 79.8 Å². The predicted molar refractivity (Wildman–Crippen MR) is 127 cm³/mol. The summed E-state index contributed by atoms with van der Waals surface area (Å²) >= 11 is 1.56. The number of carbonyl (C=O) groups excluding carboxylic acids is 1. The Morgan fingerprint density at radius 3 is 2.26 bits per heavy atom. The van der Waals surface area contributed by atoms with E-state index in [-0.39, 0.29) is 17.7 Å². The molecule has 31 heavy (non-hydrogen) atoms. The van der Waals surface area contributed by atoms with Crippen LogP contribution >= 0.6 is 11.3 Å². The first-order valence-corrected chi connectivity index (χ1v) is 11.8. The number of nitrogens with one attached hydrogen (secondary N) is 1. The Morgan fingerprint density at radius 2 is 1.65 bits per heavy atom. The van der Waals surface area contributed by atoms with Crippen LogP contribution in [-0.4, -0.2) is 10.9 Å². The first-order chi connectivity index (χ1) is 15.1. The summed E-state index contributed by atoms with van der Waals surface area (Å²) in [5.41, 5.74) is 7.05. The summed E-state index contributed by atoms with van der Waals surface area (Å²) in [4.78, 5) is 18.7. The SMILES string of the molecule is CCC1(C(=O)Nc2nc3c(C)cccc3s2)CC2c3ccccc3C1c1ccccc12. The first kappa shape index (κ1) is 18.8. The molecule has 0 fully saturated rings. The highest BCUT2D eigenvalue weighted by Crippen LogP contribution is 2.62. The van der Waals surface area contributed by atoms with E-state index < -0.39 is 5.41 Å². The van der Waals surface area contributed by atoms with Crippen molar-refractivity contribution in [2.24, 2.45) is 5.41 Å². The Kier molecular flexibility index (Phi) is 4.09. The summed E-state index contributed by atoms with van der Waals surface area (Å²) in [5, 5.41) is 3.93. The maximum absolute atomic E-state index is 13.9. The van der Waals surface area contributed by atoms with Crippen LogP contribution < -0.4 is 5.32 Å². The van der Waals surface area contributed by atoms with Gasteiger partial charge in [0.2, 0.25) is 5.91 Å². The summed E-state index contributed by atoms with van der Waals surface area (Å²) in [6.07, 6.45) is 1.64. The van der Waals surface area contributed by atoms with E-state index in [9.17, 15) is 4.79 Å². The zero-order valence-corrected chi connectivity index (χ0v) is 18.5. The lowest BCUT2D eigenvalue weighted by Crippen LogP contribution is -2.48. The second-order valence-corrected chi connectivity index (χ2v) is 9.88. The molecular weight excluding hydrogens is 400 g/mol. The number of para-hydroxylation sites is 1. The fourth-order valence-electron chi connectivity index (χ4n) is 5.91. The van der Waals surface area contributed by atoms with Gasteiger partial charge in [-0.2, -0.15) is 0 Å². The minimum Gasteiger partial charge on any atom is -0.301 e. The molecule has 7 rings (SSSR count). The Morgan fingerprint density at radius 1 is 1.00 bits per heavy atom. The third-order valence-corrected chi connectivity index (χ3v) is 8.35. The molecule has 1 N–H and O–H groups in total. The first-order valence-electron chi connectivity index (χ1n) is 11.0. The molecule has 0 aliphatic heterocycles. The van der Waals surface area contributed by atoms with E-state index in [0.717, 1.165) is 28.6 Å². The van der Waals surface area contributed by atoms with Gasteiger partial charge in [0.1, 0.15) is 0 Å². The molecule has 0 saturated heterocycles. The van der Waals surface area contributed by atoms with Crippen LogP contribution in [0.3, 0.4) is 0 Å². The molecule has 0 spiro atoms. The fourth-order valence-corrected chi connectivity index (χ4v) is 6.85. The Bertz CT molecular complexity index is 1290. The Balaban J connectivity index is 1.46. The van der Waals surface area contributed by atoms with Gasteiger partial charge in [-0.15, -0.1) is 0 Å². The molecule has 4 aromatic rings. The highest BCUT2D eigenvalue weighted by Gasteiger charge is 2.55.